The second-order valence-electron chi connectivity index (χ2n) is 4.47. The minimum Gasteiger partial charge on any atom is -0.478 e. The Morgan fingerprint density at radius 1 is 1.68 bits per heavy atom. The van der Waals surface area contributed by atoms with Crippen LogP contribution in [0.4, 0.5) is 5.82 Å². The van der Waals surface area contributed by atoms with Crippen LogP contribution in [0.25, 0.3) is 0 Å². The van der Waals surface area contributed by atoms with Gasteiger partial charge in [-0.15, -0.1) is 0 Å². The molecule has 19 heavy (non-hydrogen) atoms. The van der Waals surface area contributed by atoms with Crippen LogP contribution < -0.4 is 5.32 Å². The number of morpholine rings is 1. The molecular formula is C13H19N3O3. The van der Waals surface area contributed by atoms with Gasteiger partial charge in [0, 0.05) is 25.8 Å². The van der Waals surface area contributed by atoms with Crippen LogP contribution in [0.15, 0.2) is 18.3 Å². The van der Waals surface area contributed by atoms with Gasteiger partial charge in [-0.2, -0.15) is 0 Å². The molecule has 2 N–H and O–H groups in total. The van der Waals surface area contributed by atoms with Crippen LogP contribution in [0.1, 0.15) is 17.3 Å². The molecule has 1 aromatic heterocycles. The van der Waals surface area contributed by atoms with Crippen molar-refractivity contribution in [3.63, 3.8) is 0 Å². The van der Waals surface area contributed by atoms with E-state index in [1.807, 2.05) is 0 Å². The summed E-state index contributed by atoms with van der Waals surface area (Å²) in [6.45, 7) is 6.22. The quantitative estimate of drug-likeness (QED) is 0.824. The van der Waals surface area contributed by atoms with E-state index in [4.69, 9.17) is 9.84 Å². The summed E-state index contributed by atoms with van der Waals surface area (Å²) in [6.07, 6.45) is 1.65. The Kier molecular flexibility index (Phi) is 4.70. The van der Waals surface area contributed by atoms with E-state index in [0.717, 1.165) is 19.6 Å². The van der Waals surface area contributed by atoms with Gasteiger partial charge in [0.15, 0.2) is 0 Å². The smallest absolute Gasteiger partial charge is 0.339 e. The third kappa shape index (κ3) is 3.65. The normalized spacial score (nSPS) is 20.2. The molecule has 2 rings (SSSR count). The van der Waals surface area contributed by atoms with Crippen LogP contribution in [-0.4, -0.2) is 59.8 Å². The number of pyridine rings is 1. The monoisotopic (exact) mass is 265 g/mol. The van der Waals surface area contributed by atoms with E-state index in [0.29, 0.717) is 19.0 Å². The predicted octanol–water partition coefficient (Wildman–Crippen LogP) is 0.912. The Hall–Kier alpha value is -1.66. The number of nitrogens with zero attached hydrogens (tertiary/aromatic N) is 2. The molecule has 0 aromatic carbocycles. The van der Waals surface area contributed by atoms with Gasteiger partial charge in [-0.1, -0.05) is 6.92 Å². The lowest BCUT2D eigenvalue weighted by molar-refractivity contribution is -0.0192. The van der Waals surface area contributed by atoms with Crippen molar-refractivity contribution < 1.29 is 14.6 Å². The molecule has 0 bridgehead atoms. The molecule has 0 amide bonds. The van der Waals surface area contributed by atoms with Gasteiger partial charge in [-0.25, -0.2) is 9.78 Å². The van der Waals surface area contributed by atoms with Crippen molar-refractivity contribution >= 4 is 11.8 Å². The first-order chi connectivity index (χ1) is 9.20. The highest BCUT2D eigenvalue weighted by atomic mass is 16.5. The first-order valence-corrected chi connectivity index (χ1v) is 6.47. The maximum Gasteiger partial charge on any atom is 0.339 e. The number of likely N-dealkylation sites (N-methyl/N-ethyl adjacent to an activating group) is 1. The summed E-state index contributed by atoms with van der Waals surface area (Å²) in [4.78, 5) is 17.4. The highest BCUT2D eigenvalue weighted by Gasteiger charge is 2.20. The Morgan fingerprint density at radius 2 is 2.53 bits per heavy atom. The number of aromatic carboxylic acids is 1. The Morgan fingerprint density at radius 3 is 3.26 bits per heavy atom. The van der Waals surface area contributed by atoms with Crippen molar-refractivity contribution in [3.05, 3.63) is 23.9 Å². The summed E-state index contributed by atoms with van der Waals surface area (Å²) in [7, 11) is 0. The van der Waals surface area contributed by atoms with Crippen molar-refractivity contribution in [2.45, 2.75) is 13.0 Å². The number of rotatable bonds is 5. The van der Waals surface area contributed by atoms with E-state index < -0.39 is 5.97 Å². The number of ether oxygens (including phenoxy) is 1. The topological polar surface area (TPSA) is 74.7 Å². The van der Waals surface area contributed by atoms with Crippen molar-refractivity contribution in [1.82, 2.24) is 9.88 Å². The predicted molar refractivity (Wildman–Crippen MR) is 71.5 cm³/mol. The first kappa shape index (κ1) is 13.8. The lowest BCUT2D eigenvalue weighted by atomic mass is 10.2. The van der Waals surface area contributed by atoms with Crippen LogP contribution in [0.3, 0.4) is 0 Å². The summed E-state index contributed by atoms with van der Waals surface area (Å²) in [5.74, 6) is -0.581. The zero-order valence-electron chi connectivity index (χ0n) is 11.0. The molecule has 1 atom stereocenters. The van der Waals surface area contributed by atoms with Gasteiger partial charge in [0.25, 0.3) is 0 Å². The molecule has 6 heteroatoms. The van der Waals surface area contributed by atoms with Gasteiger partial charge in [-0.05, 0) is 18.7 Å². The average molecular weight is 265 g/mol. The Bertz CT molecular complexity index is 439. The number of hydrogen-bond donors (Lipinski definition) is 2. The van der Waals surface area contributed by atoms with Crippen LogP contribution >= 0.6 is 0 Å². The highest BCUT2D eigenvalue weighted by molar-refractivity contribution is 5.92. The molecular weight excluding hydrogens is 246 g/mol. The van der Waals surface area contributed by atoms with Crippen molar-refractivity contribution in [3.8, 4) is 0 Å². The largest absolute Gasteiger partial charge is 0.478 e. The lowest BCUT2D eigenvalue weighted by Crippen LogP contribution is -2.45. The van der Waals surface area contributed by atoms with Gasteiger partial charge in [0.2, 0.25) is 0 Å². The fraction of sp³-hybridized carbons (Fsp3) is 0.538. The van der Waals surface area contributed by atoms with Crippen LogP contribution in [-0.2, 0) is 4.74 Å². The van der Waals surface area contributed by atoms with Crippen molar-refractivity contribution in [2.24, 2.45) is 0 Å². The van der Waals surface area contributed by atoms with Crippen molar-refractivity contribution in [1.29, 1.82) is 0 Å². The first-order valence-electron chi connectivity index (χ1n) is 6.47. The summed E-state index contributed by atoms with van der Waals surface area (Å²) < 4.78 is 5.65. The van der Waals surface area contributed by atoms with E-state index in [9.17, 15) is 4.79 Å². The van der Waals surface area contributed by atoms with Crippen LogP contribution in [0, 0.1) is 0 Å². The fourth-order valence-corrected chi connectivity index (χ4v) is 2.12. The summed E-state index contributed by atoms with van der Waals surface area (Å²) in [5.41, 5.74) is 0.186. The molecule has 1 aliphatic rings. The zero-order chi connectivity index (χ0) is 13.7. The Balaban J connectivity index is 1.93. The summed E-state index contributed by atoms with van der Waals surface area (Å²) in [6, 6.07) is 3.16. The van der Waals surface area contributed by atoms with E-state index in [-0.39, 0.29) is 11.7 Å². The maximum atomic E-state index is 11.1. The standard InChI is InChI=1S/C13H19N3O3/c1-2-16-6-7-19-10(9-16)8-15-12-11(13(17)18)4-3-5-14-12/h3-5,10H,2,6-9H2,1H3,(H,14,15)(H,17,18). The lowest BCUT2D eigenvalue weighted by Gasteiger charge is -2.32. The number of carbonyl (C=O) groups is 1. The number of hydrogen-bond acceptors (Lipinski definition) is 5. The van der Waals surface area contributed by atoms with Gasteiger partial charge < -0.3 is 15.2 Å². The molecule has 6 nitrogen and oxygen atoms in total. The van der Waals surface area contributed by atoms with Gasteiger partial charge in [0.1, 0.15) is 11.4 Å². The third-order valence-electron chi connectivity index (χ3n) is 3.21. The zero-order valence-corrected chi connectivity index (χ0v) is 11.0. The molecule has 104 valence electrons. The second-order valence-corrected chi connectivity index (χ2v) is 4.47. The second kappa shape index (κ2) is 6.49. The molecule has 0 radical (unpaired) electrons. The van der Waals surface area contributed by atoms with E-state index in [1.165, 1.54) is 6.07 Å². The summed E-state index contributed by atoms with van der Waals surface area (Å²) >= 11 is 0. The van der Waals surface area contributed by atoms with Crippen LogP contribution in [0.2, 0.25) is 0 Å². The average Bonchev–Trinajstić information content (AvgIpc) is 2.45. The molecule has 0 spiro atoms. The molecule has 1 fully saturated rings. The van der Waals surface area contributed by atoms with Gasteiger partial charge in [0.05, 0.1) is 12.7 Å². The molecule has 1 unspecified atom stereocenters. The molecule has 2 heterocycles. The SMILES string of the molecule is CCN1CCOC(CNc2ncccc2C(=O)O)C1. The third-order valence-corrected chi connectivity index (χ3v) is 3.21. The van der Waals surface area contributed by atoms with E-state index in [2.05, 4.69) is 22.1 Å². The maximum absolute atomic E-state index is 11.1. The van der Waals surface area contributed by atoms with Gasteiger partial charge >= 0.3 is 5.97 Å². The number of aromatic nitrogens is 1. The van der Waals surface area contributed by atoms with E-state index >= 15 is 0 Å². The number of carboxylic acid groups (broad SMARTS) is 1. The number of nitrogens with one attached hydrogen (secondary N) is 1. The minimum absolute atomic E-state index is 0.0670. The highest BCUT2D eigenvalue weighted by Crippen LogP contribution is 2.12. The van der Waals surface area contributed by atoms with Gasteiger partial charge in [-0.3, -0.25) is 4.90 Å². The summed E-state index contributed by atoms with van der Waals surface area (Å²) in [5, 5.41) is 12.1. The molecule has 1 saturated heterocycles. The van der Waals surface area contributed by atoms with Crippen LogP contribution in [0.5, 0.6) is 0 Å². The number of anilines is 1. The van der Waals surface area contributed by atoms with Crippen molar-refractivity contribution in [2.75, 3.05) is 38.1 Å². The molecule has 0 aliphatic carbocycles. The van der Waals surface area contributed by atoms with E-state index in [1.54, 1.807) is 12.3 Å². The molecule has 1 aromatic rings. The number of carboxylic acids is 1. The fourth-order valence-electron chi connectivity index (χ4n) is 2.12. The Labute approximate surface area is 112 Å². The molecule has 0 saturated carbocycles. The molecule has 1 aliphatic heterocycles. The minimum atomic E-state index is -0.977.